The lowest BCUT2D eigenvalue weighted by Gasteiger charge is -2.51. The van der Waals surface area contributed by atoms with Crippen LogP contribution in [0.25, 0.3) is 0 Å². The van der Waals surface area contributed by atoms with E-state index in [2.05, 4.69) is 15.2 Å². The predicted octanol–water partition coefficient (Wildman–Crippen LogP) is 0.788. The first-order chi connectivity index (χ1) is 8.88. The molecule has 2 unspecified atom stereocenters. The summed E-state index contributed by atoms with van der Waals surface area (Å²) >= 11 is 0. The molecule has 4 aliphatic rings. The summed E-state index contributed by atoms with van der Waals surface area (Å²) in [6, 6.07) is 1.16. The minimum absolute atomic E-state index is 0.506. The highest BCUT2D eigenvalue weighted by Gasteiger charge is 2.39. The molecule has 4 fully saturated rings. The molecular weight excluding hydrogens is 224 g/mol. The molecule has 1 saturated carbocycles. The van der Waals surface area contributed by atoms with E-state index in [9.17, 15) is 0 Å². The third kappa shape index (κ3) is 2.57. The number of hydrazine groups is 1. The molecule has 3 saturated heterocycles. The van der Waals surface area contributed by atoms with Crippen molar-refractivity contribution in [2.45, 2.75) is 50.6 Å². The molecule has 0 amide bonds. The molecular formula is C14H28N4. The second kappa shape index (κ2) is 5.87. The molecule has 3 aliphatic heterocycles. The van der Waals surface area contributed by atoms with Gasteiger partial charge in [-0.15, -0.1) is 0 Å². The highest BCUT2D eigenvalue weighted by molar-refractivity contribution is 4.97. The molecule has 104 valence electrons. The highest BCUT2D eigenvalue weighted by Crippen LogP contribution is 2.30. The van der Waals surface area contributed by atoms with Crippen LogP contribution in [0.2, 0.25) is 0 Å². The molecule has 2 bridgehead atoms. The lowest BCUT2D eigenvalue weighted by atomic mass is 9.85. The molecule has 0 spiro atoms. The zero-order chi connectivity index (χ0) is 12.4. The number of piperazine rings is 3. The molecule has 3 heterocycles. The molecule has 0 aromatic carbocycles. The van der Waals surface area contributed by atoms with Gasteiger partial charge in [-0.2, -0.15) is 0 Å². The summed E-state index contributed by atoms with van der Waals surface area (Å²) in [7, 11) is 0. The molecule has 18 heavy (non-hydrogen) atoms. The average molecular weight is 252 g/mol. The fraction of sp³-hybridized carbons (Fsp3) is 1.00. The molecule has 0 aromatic rings. The van der Waals surface area contributed by atoms with Gasteiger partial charge in [0, 0.05) is 44.8 Å². The molecule has 4 heteroatoms. The van der Waals surface area contributed by atoms with Crippen molar-refractivity contribution in [2.75, 3.05) is 32.7 Å². The highest BCUT2D eigenvalue weighted by atomic mass is 15.4. The maximum atomic E-state index is 5.92. The van der Waals surface area contributed by atoms with E-state index in [-0.39, 0.29) is 0 Å². The van der Waals surface area contributed by atoms with E-state index in [1.807, 2.05) is 0 Å². The van der Waals surface area contributed by atoms with Crippen LogP contribution in [0.15, 0.2) is 0 Å². The van der Waals surface area contributed by atoms with Gasteiger partial charge in [0.2, 0.25) is 0 Å². The van der Waals surface area contributed by atoms with Crippen LogP contribution in [0.3, 0.4) is 0 Å². The fourth-order valence-corrected chi connectivity index (χ4v) is 4.23. The van der Waals surface area contributed by atoms with Crippen molar-refractivity contribution in [2.24, 2.45) is 11.8 Å². The van der Waals surface area contributed by atoms with Gasteiger partial charge in [0.25, 0.3) is 0 Å². The molecule has 4 nitrogen and oxygen atoms in total. The van der Waals surface area contributed by atoms with Crippen LogP contribution in [0.4, 0.5) is 0 Å². The summed E-state index contributed by atoms with van der Waals surface area (Å²) < 4.78 is 0. The molecule has 1 aliphatic carbocycles. The Morgan fingerprint density at radius 1 is 0.944 bits per heavy atom. The van der Waals surface area contributed by atoms with Crippen molar-refractivity contribution < 1.29 is 0 Å². The van der Waals surface area contributed by atoms with Crippen molar-refractivity contribution in [3.8, 4) is 0 Å². The lowest BCUT2D eigenvalue weighted by molar-refractivity contribution is -0.0146. The van der Waals surface area contributed by atoms with Crippen LogP contribution in [0.1, 0.15) is 38.5 Å². The van der Waals surface area contributed by atoms with Crippen molar-refractivity contribution in [1.29, 1.82) is 0 Å². The summed E-state index contributed by atoms with van der Waals surface area (Å²) in [6.45, 7) is 6.24. The summed E-state index contributed by atoms with van der Waals surface area (Å²) in [5, 5.41) is 0. The van der Waals surface area contributed by atoms with Gasteiger partial charge in [-0.25, -0.2) is 0 Å². The van der Waals surface area contributed by atoms with Gasteiger partial charge in [0.05, 0.1) is 0 Å². The number of rotatable bonds is 3. The standard InChI is InChI=1S/C14H28N4/c15-16-14(12-5-3-1-2-4-6-12)13-11-17-7-9-18(13)10-8-17/h12-14,16H,1-11,15H2. The normalized spacial score (nSPS) is 39.5. The number of nitrogens with zero attached hydrogens (tertiary/aromatic N) is 2. The van der Waals surface area contributed by atoms with Gasteiger partial charge in [-0.05, 0) is 18.8 Å². The topological polar surface area (TPSA) is 44.5 Å². The third-order valence-electron chi connectivity index (χ3n) is 5.34. The Morgan fingerprint density at radius 2 is 1.61 bits per heavy atom. The van der Waals surface area contributed by atoms with Gasteiger partial charge in [0.1, 0.15) is 0 Å². The number of hydrogen-bond acceptors (Lipinski definition) is 4. The van der Waals surface area contributed by atoms with E-state index >= 15 is 0 Å². The number of hydrogen-bond donors (Lipinski definition) is 2. The van der Waals surface area contributed by atoms with E-state index in [0.717, 1.165) is 5.92 Å². The minimum atomic E-state index is 0.506. The van der Waals surface area contributed by atoms with Crippen LogP contribution in [-0.2, 0) is 0 Å². The van der Waals surface area contributed by atoms with Crippen LogP contribution in [0, 0.1) is 5.92 Å². The second-order valence-corrected chi connectivity index (χ2v) is 6.35. The monoisotopic (exact) mass is 252 g/mol. The first-order valence-corrected chi connectivity index (χ1v) is 7.81. The zero-order valence-corrected chi connectivity index (χ0v) is 11.5. The van der Waals surface area contributed by atoms with Gasteiger partial charge in [-0.1, -0.05) is 25.7 Å². The fourth-order valence-electron chi connectivity index (χ4n) is 4.23. The van der Waals surface area contributed by atoms with Crippen molar-refractivity contribution in [3.63, 3.8) is 0 Å². The Balaban J connectivity index is 1.67. The maximum absolute atomic E-state index is 5.92. The Hall–Kier alpha value is -0.160. The van der Waals surface area contributed by atoms with Gasteiger partial charge >= 0.3 is 0 Å². The second-order valence-electron chi connectivity index (χ2n) is 6.35. The van der Waals surface area contributed by atoms with Crippen LogP contribution in [-0.4, -0.2) is 54.6 Å². The summed E-state index contributed by atoms with van der Waals surface area (Å²) in [6.07, 6.45) is 8.40. The van der Waals surface area contributed by atoms with Crippen molar-refractivity contribution in [1.82, 2.24) is 15.2 Å². The van der Waals surface area contributed by atoms with E-state index in [1.54, 1.807) is 0 Å². The summed E-state index contributed by atoms with van der Waals surface area (Å²) in [4.78, 5) is 5.29. The Labute approximate surface area is 111 Å². The van der Waals surface area contributed by atoms with Gasteiger partial charge in [0.15, 0.2) is 0 Å². The van der Waals surface area contributed by atoms with E-state index in [0.29, 0.717) is 12.1 Å². The van der Waals surface area contributed by atoms with Crippen LogP contribution >= 0.6 is 0 Å². The van der Waals surface area contributed by atoms with Crippen molar-refractivity contribution >= 4 is 0 Å². The van der Waals surface area contributed by atoms with E-state index < -0.39 is 0 Å². The molecule has 2 atom stereocenters. The van der Waals surface area contributed by atoms with Crippen LogP contribution < -0.4 is 11.3 Å². The summed E-state index contributed by atoms with van der Waals surface area (Å²) in [5.74, 6) is 6.72. The summed E-state index contributed by atoms with van der Waals surface area (Å²) in [5.41, 5.74) is 3.19. The minimum Gasteiger partial charge on any atom is -0.299 e. The molecule has 0 aromatic heterocycles. The van der Waals surface area contributed by atoms with E-state index in [4.69, 9.17) is 5.84 Å². The third-order valence-corrected chi connectivity index (χ3v) is 5.34. The van der Waals surface area contributed by atoms with E-state index in [1.165, 1.54) is 71.2 Å². The smallest absolute Gasteiger partial charge is 0.0406 e. The Morgan fingerprint density at radius 3 is 2.11 bits per heavy atom. The molecule has 0 radical (unpaired) electrons. The molecule has 4 rings (SSSR count). The average Bonchev–Trinajstić information content (AvgIpc) is 2.70. The van der Waals surface area contributed by atoms with Crippen LogP contribution in [0.5, 0.6) is 0 Å². The predicted molar refractivity (Wildman–Crippen MR) is 74.1 cm³/mol. The Bertz CT molecular complexity index is 255. The maximum Gasteiger partial charge on any atom is 0.0406 e. The first kappa shape index (κ1) is 12.9. The van der Waals surface area contributed by atoms with Crippen molar-refractivity contribution in [3.05, 3.63) is 0 Å². The Kier molecular flexibility index (Phi) is 4.19. The first-order valence-electron chi connectivity index (χ1n) is 7.81. The lowest BCUT2D eigenvalue weighted by Crippen LogP contribution is -2.68. The zero-order valence-electron chi connectivity index (χ0n) is 11.5. The number of nitrogens with two attached hydrogens (primary N) is 1. The largest absolute Gasteiger partial charge is 0.299 e. The number of fused-ring (bicyclic) bond motifs is 3. The van der Waals surface area contributed by atoms with Gasteiger partial charge < -0.3 is 0 Å². The molecule has 3 N–H and O–H groups in total. The number of nitrogens with one attached hydrogen (secondary N) is 1. The van der Waals surface area contributed by atoms with Gasteiger partial charge in [-0.3, -0.25) is 21.1 Å². The SMILES string of the molecule is NNC(C1CCCCCC1)C1CN2CCN1CC2. The quantitative estimate of drug-likeness (QED) is 0.443.